The summed E-state index contributed by atoms with van der Waals surface area (Å²) < 4.78 is 36.0. The number of nitrogens with zero attached hydrogens (tertiary/aromatic N) is 3. The largest absolute Gasteiger partial charge is 0.467 e. The van der Waals surface area contributed by atoms with Crippen molar-refractivity contribution in [3.05, 3.63) is 11.1 Å². The molecule has 1 fully saturated rings. The maximum Gasteiger partial charge on any atom is 0.363 e. The van der Waals surface area contributed by atoms with E-state index < -0.39 is 40.2 Å². The molecule has 1 aliphatic rings. The molecule has 2 unspecified atom stereocenters. The highest BCUT2D eigenvalue weighted by atomic mass is 32.2. The number of thiazole rings is 1. The van der Waals surface area contributed by atoms with Crippen LogP contribution in [0.25, 0.3) is 0 Å². The first-order valence-electron chi connectivity index (χ1n) is 7.62. The number of hydrogen-bond acceptors (Lipinski definition) is 11. The highest BCUT2D eigenvalue weighted by Gasteiger charge is 2.58. The second kappa shape index (κ2) is 8.07. The third-order valence-corrected chi connectivity index (χ3v) is 4.94. The molecule has 1 aromatic rings. The zero-order valence-electron chi connectivity index (χ0n) is 14.8. The SMILES string of the molecule is COC(=O)C1C(NC(=O)C(=NOC(C)C)c2csc(N)n2)C(=O)N1S(=O)(=O)O. The quantitative estimate of drug-likeness (QED) is 0.150. The average Bonchev–Trinajstić information content (AvgIpc) is 3.01. The minimum atomic E-state index is -5.03. The number of esters is 1. The van der Waals surface area contributed by atoms with Gasteiger partial charge in [0.15, 0.2) is 16.9 Å². The molecular weight excluding hydrogens is 418 g/mol. The van der Waals surface area contributed by atoms with Gasteiger partial charge in [-0.25, -0.2) is 9.78 Å². The predicted molar refractivity (Wildman–Crippen MR) is 95.4 cm³/mol. The number of carbonyl (C=O) groups excluding carboxylic acids is 3. The van der Waals surface area contributed by atoms with Crippen molar-refractivity contribution in [2.75, 3.05) is 12.8 Å². The molecule has 0 aliphatic carbocycles. The van der Waals surface area contributed by atoms with Crippen molar-refractivity contribution in [3.63, 3.8) is 0 Å². The Hall–Kier alpha value is -2.78. The van der Waals surface area contributed by atoms with Crippen LogP contribution in [0, 0.1) is 0 Å². The van der Waals surface area contributed by atoms with Crippen molar-refractivity contribution in [3.8, 4) is 0 Å². The van der Waals surface area contributed by atoms with Gasteiger partial charge in [0.2, 0.25) is 0 Å². The summed E-state index contributed by atoms with van der Waals surface area (Å²) in [6.07, 6.45) is -0.387. The van der Waals surface area contributed by atoms with Crippen molar-refractivity contribution < 1.29 is 36.9 Å². The molecule has 28 heavy (non-hydrogen) atoms. The highest BCUT2D eigenvalue weighted by molar-refractivity contribution is 7.84. The molecule has 2 heterocycles. The molecule has 0 spiro atoms. The molecular formula is C13H17N5O8S2. The van der Waals surface area contributed by atoms with Crippen LogP contribution in [0.4, 0.5) is 5.13 Å². The van der Waals surface area contributed by atoms with E-state index >= 15 is 0 Å². The van der Waals surface area contributed by atoms with E-state index in [2.05, 4.69) is 20.2 Å². The summed E-state index contributed by atoms with van der Waals surface area (Å²) in [5, 5.41) is 7.42. The molecule has 0 bridgehead atoms. The Labute approximate surface area is 163 Å². The number of rotatable bonds is 7. The summed E-state index contributed by atoms with van der Waals surface area (Å²) in [7, 11) is -4.08. The number of aromatic nitrogens is 1. The minimum absolute atomic E-state index is 0.0497. The number of β-lactam (4-membered cyclic amide) rings is 1. The van der Waals surface area contributed by atoms with Gasteiger partial charge in [0.05, 0.1) is 7.11 Å². The maximum atomic E-state index is 12.6. The van der Waals surface area contributed by atoms with Gasteiger partial charge < -0.3 is 20.6 Å². The smallest absolute Gasteiger partial charge is 0.363 e. The van der Waals surface area contributed by atoms with Crippen molar-refractivity contribution in [2.45, 2.75) is 32.0 Å². The second-order valence-corrected chi connectivity index (χ2v) is 7.87. The Morgan fingerprint density at radius 1 is 1.46 bits per heavy atom. The topological polar surface area (TPSA) is 191 Å². The minimum Gasteiger partial charge on any atom is -0.467 e. The molecule has 1 aromatic heterocycles. The van der Waals surface area contributed by atoms with Crippen molar-refractivity contribution in [1.82, 2.24) is 14.6 Å². The Balaban J connectivity index is 2.30. The summed E-state index contributed by atoms with van der Waals surface area (Å²) in [6, 6.07) is -3.38. The van der Waals surface area contributed by atoms with E-state index in [1.807, 2.05) is 0 Å². The number of nitrogens with one attached hydrogen (secondary N) is 1. The van der Waals surface area contributed by atoms with Gasteiger partial charge in [-0.1, -0.05) is 5.16 Å². The van der Waals surface area contributed by atoms with E-state index in [1.165, 1.54) is 5.38 Å². The molecule has 2 rings (SSSR count). The fraction of sp³-hybridized carbons (Fsp3) is 0.462. The lowest BCUT2D eigenvalue weighted by molar-refractivity contribution is -0.162. The van der Waals surface area contributed by atoms with Crippen LogP contribution in [0.15, 0.2) is 10.5 Å². The van der Waals surface area contributed by atoms with Crippen molar-refractivity contribution in [1.29, 1.82) is 0 Å². The number of carbonyl (C=O) groups is 3. The van der Waals surface area contributed by atoms with Crippen LogP contribution in [0.2, 0.25) is 0 Å². The van der Waals surface area contributed by atoms with E-state index in [1.54, 1.807) is 13.8 Å². The second-order valence-electron chi connectivity index (χ2n) is 5.70. The molecule has 1 saturated heterocycles. The summed E-state index contributed by atoms with van der Waals surface area (Å²) in [6.45, 7) is 3.31. The van der Waals surface area contributed by atoms with Crippen LogP contribution in [-0.4, -0.2) is 71.1 Å². The first-order valence-corrected chi connectivity index (χ1v) is 9.89. The van der Waals surface area contributed by atoms with Gasteiger partial charge in [-0.15, -0.1) is 11.3 Å². The normalized spacial score (nSPS) is 20.0. The van der Waals surface area contributed by atoms with E-state index in [4.69, 9.17) is 15.1 Å². The van der Waals surface area contributed by atoms with E-state index in [9.17, 15) is 22.8 Å². The summed E-state index contributed by atoms with van der Waals surface area (Å²) in [5.74, 6) is -3.36. The first-order chi connectivity index (χ1) is 13.0. The van der Waals surface area contributed by atoms with E-state index in [-0.39, 0.29) is 26.9 Å². The number of hydrogen-bond donors (Lipinski definition) is 3. The van der Waals surface area contributed by atoms with Crippen LogP contribution in [0.5, 0.6) is 0 Å². The Morgan fingerprint density at radius 3 is 2.57 bits per heavy atom. The van der Waals surface area contributed by atoms with Crippen LogP contribution < -0.4 is 11.1 Å². The van der Waals surface area contributed by atoms with Gasteiger partial charge in [-0.2, -0.15) is 12.7 Å². The molecule has 2 atom stereocenters. The molecule has 4 N–H and O–H groups in total. The van der Waals surface area contributed by atoms with Gasteiger partial charge >= 0.3 is 16.3 Å². The van der Waals surface area contributed by atoms with Gasteiger partial charge in [0, 0.05) is 5.38 Å². The summed E-state index contributed by atoms with van der Waals surface area (Å²) in [4.78, 5) is 45.4. The molecule has 0 aromatic carbocycles. The number of nitrogens with two attached hydrogens (primary N) is 1. The van der Waals surface area contributed by atoms with Crippen LogP contribution in [0.1, 0.15) is 19.5 Å². The molecule has 2 amide bonds. The van der Waals surface area contributed by atoms with Gasteiger partial charge in [-0.3, -0.25) is 14.1 Å². The van der Waals surface area contributed by atoms with Gasteiger partial charge in [0.1, 0.15) is 17.8 Å². The van der Waals surface area contributed by atoms with Gasteiger partial charge in [-0.05, 0) is 13.8 Å². The van der Waals surface area contributed by atoms with Crippen molar-refractivity contribution in [2.24, 2.45) is 5.16 Å². The molecule has 0 saturated carbocycles. The zero-order valence-corrected chi connectivity index (χ0v) is 16.5. The monoisotopic (exact) mass is 435 g/mol. The number of anilines is 1. The molecule has 15 heteroatoms. The Morgan fingerprint density at radius 2 is 2.11 bits per heavy atom. The van der Waals surface area contributed by atoms with E-state index in [0.717, 1.165) is 18.4 Å². The maximum absolute atomic E-state index is 12.6. The number of ether oxygens (including phenoxy) is 1. The highest BCUT2D eigenvalue weighted by Crippen LogP contribution is 2.25. The lowest BCUT2D eigenvalue weighted by atomic mass is 9.98. The molecule has 13 nitrogen and oxygen atoms in total. The lowest BCUT2D eigenvalue weighted by Crippen LogP contribution is -2.74. The van der Waals surface area contributed by atoms with Crippen molar-refractivity contribution >= 4 is 50.3 Å². The summed E-state index contributed by atoms with van der Waals surface area (Å²) in [5.41, 5.74) is 5.25. The Bertz CT molecular complexity index is 925. The first kappa shape index (κ1) is 21.5. The van der Waals surface area contributed by atoms with Crippen LogP contribution in [-0.2, 0) is 34.3 Å². The van der Waals surface area contributed by atoms with Gasteiger partial charge in [0.25, 0.3) is 11.8 Å². The molecule has 154 valence electrons. The van der Waals surface area contributed by atoms with E-state index in [0.29, 0.717) is 0 Å². The number of amides is 2. The fourth-order valence-corrected chi connectivity index (χ4v) is 3.57. The predicted octanol–water partition coefficient (Wildman–Crippen LogP) is -1.47. The standard InChI is InChI=1S/C13H17N5O8S2/c1-5(2)26-17-7(6-4-27-13(14)15-6)10(19)16-8-9(12(21)25-3)18(11(8)20)28(22,23)24/h4-5,8-9H,1-3H3,(H2,14,15)(H,16,19)(H,22,23,24). The molecule has 1 aliphatic heterocycles. The lowest BCUT2D eigenvalue weighted by Gasteiger charge is -2.41. The average molecular weight is 435 g/mol. The Kier molecular flexibility index (Phi) is 6.20. The molecule has 0 radical (unpaired) electrons. The third-order valence-electron chi connectivity index (χ3n) is 3.36. The van der Waals surface area contributed by atoms with Crippen LogP contribution in [0.3, 0.4) is 0 Å². The summed E-state index contributed by atoms with van der Waals surface area (Å²) >= 11 is 1.03. The number of methoxy groups -OCH3 is 1. The number of oxime groups is 1. The fourth-order valence-electron chi connectivity index (χ4n) is 2.18. The third kappa shape index (κ3) is 4.37. The van der Waals surface area contributed by atoms with Crippen LogP contribution >= 0.6 is 11.3 Å². The zero-order chi connectivity index (χ0) is 21.2. The number of nitrogen functional groups attached to an aromatic ring is 1.